The average molecular weight is 472 g/mol. The molecule has 9 heteroatoms. The summed E-state index contributed by atoms with van der Waals surface area (Å²) in [7, 11) is 1.59. The van der Waals surface area contributed by atoms with E-state index in [2.05, 4.69) is 21.2 Å². The minimum Gasteiger partial charge on any atom is -0.371 e. The lowest BCUT2D eigenvalue weighted by Crippen LogP contribution is -2.40. The first-order valence-corrected chi connectivity index (χ1v) is 10.4. The zero-order valence-electron chi connectivity index (χ0n) is 15.3. The predicted molar refractivity (Wildman–Crippen MR) is 109 cm³/mol. The molecule has 2 heterocycles. The molecule has 1 aromatic carbocycles. The van der Waals surface area contributed by atoms with Crippen LogP contribution < -0.4 is 10.2 Å². The lowest BCUT2D eigenvalue weighted by atomic mass is 10.1. The monoisotopic (exact) mass is 471 g/mol. The van der Waals surface area contributed by atoms with E-state index >= 15 is 0 Å². The second kappa shape index (κ2) is 9.00. The second-order valence-corrected chi connectivity index (χ2v) is 9.23. The Morgan fingerprint density at radius 3 is 2.75 bits per heavy atom. The van der Waals surface area contributed by atoms with E-state index in [1.54, 1.807) is 25.2 Å². The number of nitrogens with zero attached hydrogens (tertiary/aromatic N) is 2. The van der Waals surface area contributed by atoms with Gasteiger partial charge in [-0.05, 0) is 52.5 Å². The van der Waals surface area contributed by atoms with Gasteiger partial charge in [0.1, 0.15) is 0 Å². The largest absolute Gasteiger partial charge is 0.371 e. The number of nitrogens with one attached hydrogen (secondary N) is 1. The zero-order valence-corrected chi connectivity index (χ0v) is 17.7. The summed E-state index contributed by atoms with van der Waals surface area (Å²) < 4.78 is 27.3. The molecular formula is C19H20BrF2N3O2S. The number of carbonyl (C=O) groups is 2. The molecular weight excluding hydrogens is 452 g/mol. The van der Waals surface area contributed by atoms with Gasteiger partial charge in [-0.1, -0.05) is 0 Å². The number of anilines is 1. The molecule has 1 aliphatic heterocycles. The highest BCUT2D eigenvalue weighted by atomic mass is 79.9. The van der Waals surface area contributed by atoms with Gasteiger partial charge < -0.3 is 15.1 Å². The molecule has 150 valence electrons. The first kappa shape index (κ1) is 20.7. The lowest BCUT2D eigenvalue weighted by Gasteiger charge is -2.20. The number of benzene rings is 1. The van der Waals surface area contributed by atoms with Crippen LogP contribution in [0.15, 0.2) is 34.1 Å². The van der Waals surface area contributed by atoms with Gasteiger partial charge in [-0.3, -0.25) is 9.59 Å². The Bertz CT molecular complexity index is 877. The molecule has 1 aromatic heterocycles. The summed E-state index contributed by atoms with van der Waals surface area (Å²) >= 11 is 4.64. The van der Waals surface area contributed by atoms with Crippen LogP contribution in [0.25, 0.3) is 0 Å². The lowest BCUT2D eigenvalue weighted by molar-refractivity contribution is -0.121. The molecule has 1 aliphatic rings. The van der Waals surface area contributed by atoms with Crippen LogP contribution in [0.2, 0.25) is 0 Å². The maximum atomic E-state index is 13.4. The van der Waals surface area contributed by atoms with Crippen molar-refractivity contribution in [1.29, 1.82) is 0 Å². The van der Waals surface area contributed by atoms with Crippen molar-refractivity contribution < 1.29 is 18.4 Å². The summed E-state index contributed by atoms with van der Waals surface area (Å²) in [5.41, 5.74) is 0.639. The number of amides is 2. The fourth-order valence-corrected chi connectivity index (χ4v) is 4.51. The molecule has 1 N–H and O–H groups in total. The van der Waals surface area contributed by atoms with Crippen molar-refractivity contribution in [3.8, 4) is 0 Å². The minimum absolute atomic E-state index is 0.0199. The normalized spacial score (nSPS) is 16.3. The van der Waals surface area contributed by atoms with Crippen LogP contribution in [-0.4, -0.2) is 49.9 Å². The van der Waals surface area contributed by atoms with Gasteiger partial charge in [0.05, 0.1) is 15.2 Å². The number of likely N-dealkylation sites (N-methyl/N-ethyl adjacent to an activating group) is 1. The Morgan fingerprint density at radius 1 is 1.29 bits per heavy atom. The van der Waals surface area contributed by atoms with Crippen LogP contribution in [0.3, 0.4) is 0 Å². The third-order valence-corrected chi connectivity index (χ3v) is 6.27. The van der Waals surface area contributed by atoms with Gasteiger partial charge in [-0.25, -0.2) is 8.78 Å². The third kappa shape index (κ3) is 5.08. The number of hydrogen-bond donors (Lipinski definition) is 1. The Balaban J connectivity index is 1.44. The van der Waals surface area contributed by atoms with Gasteiger partial charge in [0.15, 0.2) is 11.6 Å². The summed E-state index contributed by atoms with van der Waals surface area (Å²) in [4.78, 5) is 28.4. The van der Waals surface area contributed by atoms with Gasteiger partial charge >= 0.3 is 0 Å². The van der Waals surface area contributed by atoms with Crippen molar-refractivity contribution in [2.45, 2.75) is 6.42 Å². The number of thiophene rings is 1. The molecule has 1 unspecified atom stereocenters. The van der Waals surface area contributed by atoms with E-state index in [9.17, 15) is 18.4 Å². The van der Waals surface area contributed by atoms with Crippen LogP contribution in [-0.2, 0) is 4.79 Å². The van der Waals surface area contributed by atoms with E-state index in [0.29, 0.717) is 23.7 Å². The molecule has 28 heavy (non-hydrogen) atoms. The van der Waals surface area contributed by atoms with E-state index < -0.39 is 11.6 Å². The molecule has 0 spiro atoms. The van der Waals surface area contributed by atoms with Crippen molar-refractivity contribution in [3.05, 3.63) is 50.6 Å². The van der Waals surface area contributed by atoms with Gasteiger partial charge in [-0.2, -0.15) is 0 Å². The molecule has 0 aliphatic carbocycles. The maximum absolute atomic E-state index is 13.4. The second-order valence-electron chi connectivity index (χ2n) is 6.77. The smallest absolute Gasteiger partial charge is 0.264 e. The van der Waals surface area contributed by atoms with Gasteiger partial charge in [0.25, 0.3) is 5.91 Å². The molecule has 0 bridgehead atoms. The molecule has 0 radical (unpaired) electrons. The Labute approximate surface area is 174 Å². The Kier molecular flexibility index (Phi) is 6.66. The van der Waals surface area contributed by atoms with Crippen LogP contribution in [0.5, 0.6) is 0 Å². The van der Waals surface area contributed by atoms with Crippen LogP contribution in [0.4, 0.5) is 14.5 Å². The molecule has 0 saturated carbocycles. The molecule has 2 aromatic rings. The van der Waals surface area contributed by atoms with Gasteiger partial charge in [0.2, 0.25) is 5.91 Å². The summed E-state index contributed by atoms with van der Waals surface area (Å²) in [6.45, 7) is 1.83. The molecule has 5 nitrogen and oxygen atoms in total. The molecule has 1 fully saturated rings. The standard InChI is InChI=1S/C19H20BrF2N3O2S/c1-24(19(27)16-4-5-17(20)28-16)11-18(26)23-9-12-6-7-25(10-12)13-2-3-14(21)15(22)8-13/h2-5,8,12H,6-7,9-11H2,1H3,(H,23,26). The maximum Gasteiger partial charge on any atom is 0.264 e. The number of rotatable bonds is 6. The topological polar surface area (TPSA) is 52.7 Å². The number of halogens is 3. The van der Waals surface area contributed by atoms with Crippen LogP contribution in [0.1, 0.15) is 16.1 Å². The predicted octanol–water partition coefficient (Wildman–Crippen LogP) is 3.50. The summed E-state index contributed by atoms with van der Waals surface area (Å²) in [5, 5.41) is 2.86. The number of hydrogen-bond acceptors (Lipinski definition) is 4. The van der Waals surface area contributed by atoms with Crippen molar-refractivity contribution >= 4 is 44.8 Å². The van der Waals surface area contributed by atoms with E-state index in [-0.39, 0.29) is 24.3 Å². The van der Waals surface area contributed by atoms with Gasteiger partial charge in [-0.15, -0.1) is 11.3 Å². The average Bonchev–Trinajstić information content (AvgIpc) is 3.30. The van der Waals surface area contributed by atoms with Crippen LogP contribution >= 0.6 is 27.3 Å². The third-order valence-electron chi connectivity index (χ3n) is 4.65. The van der Waals surface area contributed by atoms with Crippen LogP contribution in [0, 0.1) is 17.6 Å². The first-order valence-electron chi connectivity index (χ1n) is 8.81. The minimum atomic E-state index is -0.861. The highest BCUT2D eigenvalue weighted by molar-refractivity contribution is 9.11. The fourth-order valence-electron chi connectivity index (χ4n) is 3.13. The Hall–Kier alpha value is -2.00. The molecule has 1 atom stereocenters. The highest BCUT2D eigenvalue weighted by Crippen LogP contribution is 2.25. The summed E-state index contributed by atoms with van der Waals surface area (Å²) in [6, 6.07) is 7.39. The SMILES string of the molecule is CN(CC(=O)NCC1CCN(c2ccc(F)c(F)c2)C1)C(=O)c1ccc(Br)s1. The summed E-state index contributed by atoms with van der Waals surface area (Å²) in [5.74, 6) is -1.93. The van der Waals surface area contributed by atoms with E-state index in [1.165, 1.54) is 22.3 Å². The first-order chi connectivity index (χ1) is 13.3. The van der Waals surface area contributed by atoms with E-state index in [4.69, 9.17) is 0 Å². The Morgan fingerprint density at radius 2 is 2.07 bits per heavy atom. The summed E-state index contributed by atoms with van der Waals surface area (Å²) in [6.07, 6.45) is 0.845. The van der Waals surface area contributed by atoms with Crippen molar-refractivity contribution in [3.63, 3.8) is 0 Å². The highest BCUT2D eigenvalue weighted by Gasteiger charge is 2.24. The fraction of sp³-hybridized carbons (Fsp3) is 0.368. The van der Waals surface area contributed by atoms with Gasteiger partial charge in [0, 0.05) is 38.4 Å². The molecule has 2 amide bonds. The van der Waals surface area contributed by atoms with Crippen molar-refractivity contribution in [2.24, 2.45) is 5.92 Å². The quantitative estimate of drug-likeness (QED) is 0.701. The van der Waals surface area contributed by atoms with Crippen molar-refractivity contribution in [2.75, 3.05) is 38.1 Å². The molecule has 3 rings (SSSR count). The van der Waals surface area contributed by atoms with E-state index in [1.807, 2.05) is 4.90 Å². The number of carbonyl (C=O) groups excluding carboxylic acids is 2. The molecule has 1 saturated heterocycles. The van der Waals surface area contributed by atoms with Crippen molar-refractivity contribution in [1.82, 2.24) is 10.2 Å². The zero-order chi connectivity index (χ0) is 20.3. The van der Waals surface area contributed by atoms with E-state index in [0.717, 1.165) is 22.8 Å².